The van der Waals surface area contributed by atoms with Crippen molar-refractivity contribution in [3.05, 3.63) is 12.2 Å². The molecule has 0 saturated heterocycles. The summed E-state index contributed by atoms with van der Waals surface area (Å²) < 4.78 is 0. The van der Waals surface area contributed by atoms with E-state index in [1.165, 1.54) is 0 Å². The second-order valence-electron chi connectivity index (χ2n) is 3.30. The van der Waals surface area contributed by atoms with Gasteiger partial charge in [-0.2, -0.15) is 0 Å². The fraction of sp³-hybridized carbons (Fsp3) is 0.667. The molecule has 1 heteroatoms. The minimum atomic E-state index is 0.441. The van der Waals surface area contributed by atoms with E-state index in [0.717, 1.165) is 18.8 Å². The van der Waals surface area contributed by atoms with Crippen LogP contribution in [0.4, 0.5) is 0 Å². The summed E-state index contributed by atoms with van der Waals surface area (Å²) in [6, 6.07) is 0. The second-order valence-corrected chi connectivity index (χ2v) is 3.30. The number of carbonyl (C=O) groups is 1. The molecule has 2 saturated carbocycles. The number of fused-ring (bicyclic) bond motifs is 1. The van der Waals surface area contributed by atoms with Gasteiger partial charge >= 0.3 is 0 Å². The maximum Gasteiger partial charge on any atom is 0.136 e. The molecule has 2 rings (SSSR count). The number of ketones is 1. The summed E-state index contributed by atoms with van der Waals surface area (Å²) in [4.78, 5) is 11.1. The smallest absolute Gasteiger partial charge is 0.136 e. The van der Waals surface area contributed by atoms with Crippen molar-refractivity contribution in [1.29, 1.82) is 0 Å². The van der Waals surface area contributed by atoms with E-state index >= 15 is 0 Å². The van der Waals surface area contributed by atoms with Crippen molar-refractivity contribution >= 4 is 5.78 Å². The highest BCUT2D eigenvalue weighted by Gasteiger charge is 2.56. The minimum Gasteiger partial charge on any atom is -0.299 e. The molecule has 2 fully saturated rings. The van der Waals surface area contributed by atoms with Crippen molar-refractivity contribution in [2.45, 2.75) is 19.8 Å². The summed E-state index contributed by atoms with van der Waals surface area (Å²) >= 11 is 0. The third kappa shape index (κ3) is 0.664. The zero-order valence-electron chi connectivity index (χ0n) is 6.21. The summed E-state index contributed by atoms with van der Waals surface area (Å²) in [5.74, 6) is 2.32. The molecule has 0 aromatic rings. The van der Waals surface area contributed by atoms with E-state index < -0.39 is 0 Å². The molecule has 0 amide bonds. The van der Waals surface area contributed by atoms with Gasteiger partial charge in [0.25, 0.3) is 0 Å². The highest BCUT2D eigenvalue weighted by Crippen LogP contribution is 2.56. The molecule has 0 aromatic carbocycles. The van der Waals surface area contributed by atoms with Crippen LogP contribution in [-0.4, -0.2) is 5.78 Å². The van der Waals surface area contributed by atoms with Crippen LogP contribution in [0.2, 0.25) is 0 Å². The first-order valence-corrected chi connectivity index (χ1v) is 4.00. The minimum absolute atomic E-state index is 0.441. The predicted molar refractivity (Wildman–Crippen MR) is 39.5 cm³/mol. The highest BCUT2D eigenvalue weighted by molar-refractivity contribution is 5.87. The Bertz CT molecular complexity index is 193. The molecule has 2 aliphatic rings. The maximum absolute atomic E-state index is 11.1. The Hall–Kier alpha value is -0.590. The fourth-order valence-electron chi connectivity index (χ4n) is 2.19. The molecule has 0 spiro atoms. The van der Waals surface area contributed by atoms with Gasteiger partial charge in [-0.05, 0) is 25.2 Å². The summed E-state index contributed by atoms with van der Waals surface area (Å²) in [5.41, 5.74) is 0. The fourth-order valence-corrected chi connectivity index (χ4v) is 2.19. The van der Waals surface area contributed by atoms with Crippen LogP contribution in [0.1, 0.15) is 19.8 Å². The average Bonchev–Trinajstić information content (AvgIpc) is 2.45. The van der Waals surface area contributed by atoms with Crippen molar-refractivity contribution in [3.63, 3.8) is 0 Å². The molecule has 0 bridgehead atoms. The molecule has 1 nitrogen and oxygen atoms in total. The molecule has 1 unspecified atom stereocenters. The first-order chi connectivity index (χ1) is 4.84. The van der Waals surface area contributed by atoms with E-state index in [-0.39, 0.29) is 0 Å². The number of rotatable bonds is 1. The van der Waals surface area contributed by atoms with Crippen LogP contribution in [0.15, 0.2) is 12.2 Å². The molecular weight excluding hydrogens is 124 g/mol. The second kappa shape index (κ2) is 1.94. The van der Waals surface area contributed by atoms with Gasteiger partial charge in [0.15, 0.2) is 0 Å². The molecule has 10 heavy (non-hydrogen) atoms. The maximum atomic E-state index is 11.1. The van der Waals surface area contributed by atoms with Crippen LogP contribution in [0.3, 0.4) is 0 Å². The Morgan fingerprint density at radius 1 is 1.60 bits per heavy atom. The van der Waals surface area contributed by atoms with E-state index in [1.54, 1.807) is 0 Å². The summed E-state index contributed by atoms with van der Waals surface area (Å²) in [6.07, 6.45) is 6.25. The Kier molecular flexibility index (Phi) is 1.19. The van der Waals surface area contributed by atoms with Gasteiger partial charge in [0.1, 0.15) is 5.78 Å². The lowest BCUT2D eigenvalue weighted by atomic mass is 10.1. The first-order valence-electron chi connectivity index (χ1n) is 4.00. The number of hydrogen-bond acceptors (Lipinski definition) is 1. The first kappa shape index (κ1) is 6.14. The van der Waals surface area contributed by atoms with Gasteiger partial charge in [-0.25, -0.2) is 0 Å². The molecule has 0 radical (unpaired) electrons. The topological polar surface area (TPSA) is 17.1 Å². The summed E-state index contributed by atoms with van der Waals surface area (Å²) in [7, 11) is 0. The van der Waals surface area contributed by atoms with Crippen LogP contribution >= 0.6 is 0 Å². The molecule has 3 atom stereocenters. The molecule has 54 valence electrons. The van der Waals surface area contributed by atoms with Gasteiger partial charge in [-0.15, -0.1) is 0 Å². The van der Waals surface area contributed by atoms with Gasteiger partial charge < -0.3 is 0 Å². The molecule has 0 heterocycles. The highest BCUT2D eigenvalue weighted by atomic mass is 16.1. The zero-order valence-corrected chi connectivity index (χ0v) is 6.21. The van der Waals surface area contributed by atoms with E-state index in [1.807, 2.05) is 6.92 Å². The lowest BCUT2D eigenvalue weighted by molar-refractivity contribution is -0.119. The molecule has 0 N–H and O–H groups in total. The van der Waals surface area contributed by atoms with Crippen LogP contribution in [-0.2, 0) is 4.79 Å². The molecule has 0 aliphatic heterocycles. The van der Waals surface area contributed by atoms with Gasteiger partial charge in [0.05, 0.1) is 0 Å². The van der Waals surface area contributed by atoms with Crippen molar-refractivity contribution in [2.24, 2.45) is 17.8 Å². The predicted octanol–water partition coefficient (Wildman–Crippen LogP) is 1.79. The van der Waals surface area contributed by atoms with Crippen molar-refractivity contribution < 1.29 is 4.79 Å². The van der Waals surface area contributed by atoms with Crippen molar-refractivity contribution in [2.75, 3.05) is 0 Å². The molecular formula is C9H12O. The number of hydrogen-bond donors (Lipinski definition) is 0. The van der Waals surface area contributed by atoms with Gasteiger partial charge in [-0.3, -0.25) is 4.79 Å². The van der Waals surface area contributed by atoms with Gasteiger partial charge in [-0.1, -0.05) is 12.2 Å². The Balaban J connectivity index is 2.05. The molecule has 2 aliphatic carbocycles. The third-order valence-corrected chi connectivity index (χ3v) is 2.74. The SMILES string of the molecule is C/C=C/C1[C@H]2C(=O)CC[C@@H]12. The van der Waals surface area contributed by atoms with Crippen molar-refractivity contribution in [1.82, 2.24) is 0 Å². The van der Waals surface area contributed by atoms with E-state index in [0.29, 0.717) is 17.6 Å². The summed E-state index contributed by atoms with van der Waals surface area (Å²) in [6.45, 7) is 2.03. The van der Waals surface area contributed by atoms with Gasteiger partial charge in [0, 0.05) is 12.3 Å². The van der Waals surface area contributed by atoms with Crippen LogP contribution in [0.25, 0.3) is 0 Å². The van der Waals surface area contributed by atoms with Crippen LogP contribution in [0, 0.1) is 17.8 Å². The number of Topliss-reactive ketones (excluding diaryl/α,β-unsaturated/α-hetero) is 1. The molecule has 0 aromatic heterocycles. The third-order valence-electron chi connectivity index (χ3n) is 2.74. The Morgan fingerprint density at radius 2 is 2.40 bits per heavy atom. The lowest BCUT2D eigenvalue weighted by Gasteiger charge is -1.92. The average molecular weight is 136 g/mol. The largest absolute Gasteiger partial charge is 0.299 e. The number of allylic oxidation sites excluding steroid dienone is 2. The zero-order chi connectivity index (χ0) is 7.14. The van der Waals surface area contributed by atoms with E-state index in [4.69, 9.17) is 0 Å². The van der Waals surface area contributed by atoms with E-state index in [2.05, 4.69) is 12.2 Å². The quantitative estimate of drug-likeness (QED) is 0.502. The normalized spacial score (nSPS) is 44.5. The monoisotopic (exact) mass is 136 g/mol. The summed E-state index contributed by atoms with van der Waals surface area (Å²) in [5, 5.41) is 0. The van der Waals surface area contributed by atoms with Crippen molar-refractivity contribution in [3.8, 4) is 0 Å². The standard InChI is InChI=1S/C9H12O/c1-2-3-6-7-4-5-8(10)9(6)7/h2-3,6-7,9H,4-5H2,1H3/b3-2+/t6?,7-,9+/m0/s1. The number of carbonyl (C=O) groups excluding carboxylic acids is 1. The van der Waals surface area contributed by atoms with Crippen LogP contribution in [0.5, 0.6) is 0 Å². The van der Waals surface area contributed by atoms with E-state index in [9.17, 15) is 4.79 Å². The Labute approximate surface area is 61.1 Å². The lowest BCUT2D eigenvalue weighted by Crippen LogP contribution is -1.96. The van der Waals surface area contributed by atoms with Gasteiger partial charge in [0.2, 0.25) is 0 Å². The Morgan fingerprint density at radius 3 is 2.90 bits per heavy atom. The van der Waals surface area contributed by atoms with Crippen LogP contribution < -0.4 is 0 Å².